The SMILES string of the molecule is CCN(C(=O)c1nc(-c2ccccc2)n(-c2ccccc2)n1)c1ccc(F)cc1. The summed E-state index contributed by atoms with van der Waals surface area (Å²) in [6.07, 6.45) is 0. The zero-order valence-corrected chi connectivity index (χ0v) is 15.9. The normalized spacial score (nSPS) is 10.7. The summed E-state index contributed by atoms with van der Waals surface area (Å²) in [5.41, 5.74) is 2.26. The summed E-state index contributed by atoms with van der Waals surface area (Å²) in [7, 11) is 0. The molecule has 4 rings (SSSR count). The second-order valence-corrected chi connectivity index (χ2v) is 6.40. The van der Waals surface area contributed by atoms with E-state index in [2.05, 4.69) is 10.1 Å². The second kappa shape index (κ2) is 8.06. The van der Waals surface area contributed by atoms with Crippen LogP contribution in [0, 0.1) is 5.82 Å². The molecule has 0 aliphatic carbocycles. The van der Waals surface area contributed by atoms with E-state index in [1.54, 1.807) is 16.8 Å². The van der Waals surface area contributed by atoms with Gasteiger partial charge >= 0.3 is 0 Å². The first-order valence-electron chi connectivity index (χ1n) is 9.32. The van der Waals surface area contributed by atoms with Crippen molar-refractivity contribution in [3.8, 4) is 17.1 Å². The van der Waals surface area contributed by atoms with Crippen LogP contribution < -0.4 is 4.90 Å². The van der Waals surface area contributed by atoms with Crippen LogP contribution >= 0.6 is 0 Å². The molecule has 0 N–H and O–H groups in total. The van der Waals surface area contributed by atoms with Crippen molar-refractivity contribution < 1.29 is 9.18 Å². The highest BCUT2D eigenvalue weighted by Crippen LogP contribution is 2.23. The van der Waals surface area contributed by atoms with Crippen LogP contribution in [0.5, 0.6) is 0 Å². The van der Waals surface area contributed by atoms with Gasteiger partial charge in [0.1, 0.15) is 5.82 Å². The van der Waals surface area contributed by atoms with Crippen LogP contribution in [-0.2, 0) is 0 Å². The maximum Gasteiger partial charge on any atom is 0.297 e. The van der Waals surface area contributed by atoms with Crippen LogP contribution in [0.25, 0.3) is 17.1 Å². The van der Waals surface area contributed by atoms with Crippen molar-refractivity contribution in [2.45, 2.75) is 6.92 Å². The monoisotopic (exact) mass is 386 g/mol. The minimum Gasteiger partial charge on any atom is -0.306 e. The molecule has 5 nitrogen and oxygen atoms in total. The number of aromatic nitrogens is 3. The standard InChI is InChI=1S/C23H19FN4O/c1-2-27(19-15-13-18(24)14-16-19)23(29)21-25-22(17-9-5-3-6-10-17)28(26-21)20-11-7-4-8-12-20/h3-16H,2H2,1H3. The van der Waals surface area contributed by atoms with E-state index >= 15 is 0 Å². The van der Waals surface area contributed by atoms with E-state index in [-0.39, 0.29) is 17.5 Å². The largest absolute Gasteiger partial charge is 0.306 e. The van der Waals surface area contributed by atoms with Gasteiger partial charge in [0, 0.05) is 17.8 Å². The van der Waals surface area contributed by atoms with Crippen LogP contribution in [0.1, 0.15) is 17.5 Å². The summed E-state index contributed by atoms with van der Waals surface area (Å²) in [5.74, 6) is -0.0322. The number of amides is 1. The molecule has 1 amide bonds. The zero-order valence-electron chi connectivity index (χ0n) is 15.9. The Kier molecular flexibility index (Phi) is 5.16. The summed E-state index contributed by atoms with van der Waals surface area (Å²) < 4.78 is 14.9. The summed E-state index contributed by atoms with van der Waals surface area (Å²) in [6, 6.07) is 25.0. The quantitative estimate of drug-likeness (QED) is 0.498. The zero-order chi connectivity index (χ0) is 20.2. The molecule has 0 radical (unpaired) electrons. The maximum atomic E-state index is 13.3. The minimum absolute atomic E-state index is 0.0823. The fourth-order valence-electron chi connectivity index (χ4n) is 3.11. The lowest BCUT2D eigenvalue weighted by molar-refractivity contribution is 0.0978. The number of para-hydroxylation sites is 1. The van der Waals surface area contributed by atoms with Gasteiger partial charge in [-0.1, -0.05) is 48.5 Å². The Hall–Kier alpha value is -3.80. The molecule has 1 heterocycles. The van der Waals surface area contributed by atoms with Crippen LogP contribution in [-0.4, -0.2) is 27.2 Å². The number of hydrogen-bond acceptors (Lipinski definition) is 3. The van der Waals surface area contributed by atoms with Crippen molar-refractivity contribution in [1.82, 2.24) is 14.8 Å². The van der Waals surface area contributed by atoms with Gasteiger partial charge in [-0.05, 0) is 43.3 Å². The molecule has 0 saturated carbocycles. The molecule has 0 fully saturated rings. The summed E-state index contributed by atoms with van der Waals surface area (Å²) in [6.45, 7) is 2.26. The maximum absolute atomic E-state index is 13.3. The summed E-state index contributed by atoms with van der Waals surface area (Å²) in [4.78, 5) is 19.3. The molecular weight excluding hydrogens is 367 g/mol. The van der Waals surface area contributed by atoms with Gasteiger partial charge in [-0.15, -0.1) is 5.10 Å². The van der Waals surface area contributed by atoms with Crippen LogP contribution in [0.3, 0.4) is 0 Å². The highest BCUT2D eigenvalue weighted by molar-refractivity contribution is 6.03. The average Bonchev–Trinajstić information content (AvgIpc) is 3.22. The predicted molar refractivity (Wildman–Crippen MR) is 111 cm³/mol. The lowest BCUT2D eigenvalue weighted by Gasteiger charge is -2.19. The van der Waals surface area contributed by atoms with E-state index in [4.69, 9.17) is 0 Å². The van der Waals surface area contributed by atoms with Crippen LogP contribution in [0.15, 0.2) is 84.9 Å². The van der Waals surface area contributed by atoms with Gasteiger partial charge < -0.3 is 4.90 Å². The fraction of sp³-hybridized carbons (Fsp3) is 0.0870. The van der Waals surface area contributed by atoms with Crippen molar-refractivity contribution in [3.63, 3.8) is 0 Å². The molecule has 0 aliphatic heterocycles. The van der Waals surface area contributed by atoms with E-state index in [1.807, 2.05) is 67.6 Å². The Morgan fingerprint density at radius 2 is 1.55 bits per heavy atom. The number of nitrogens with zero attached hydrogens (tertiary/aromatic N) is 4. The first kappa shape index (κ1) is 18.6. The van der Waals surface area contributed by atoms with Gasteiger partial charge in [0.25, 0.3) is 5.91 Å². The molecule has 4 aromatic rings. The third kappa shape index (κ3) is 3.78. The molecule has 0 spiro atoms. The molecule has 0 saturated heterocycles. The molecular formula is C23H19FN4O. The lowest BCUT2D eigenvalue weighted by atomic mass is 10.2. The topological polar surface area (TPSA) is 51.0 Å². The van der Waals surface area contributed by atoms with E-state index in [0.29, 0.717) is 18.1 Å². The van der Waals surface area contributed by atoms with Crippen molar-refractivity contribution in [2.24, 2.45) is 0 Å². The van der Waals surface area contributed by atoms with Gasteiger partial charge in [-0.3, -0.25) is 4.79 Å². The Morgan fingerprint density at radius 3 is 2.17 bits per heavy atom. The number of carbonyl (C=O) groups excluding carboxylic acids is 1. The van der Waals surface area contributed by atoms with Crippen LogP contribution in [0.2, 0.25) is 0 Å². The van der Waals surface area contributed by atoms with Gasteiger partial charge in [-0.25, -0.2) is 14.1 Å². The molecule has 0 unspecified atom stereocenters. The molecule has 1 aromatic heterocycles. The molecule has 3 aromatic carbocycles. The number of benzene rings is 3. The van der Waals surface area contributed by atoms with Crippen molar-refractivity contribution in [3.05, 3.63) is 96.6 Å². The fourth-order valence-corrected chi connectivity index (χ4v) is 3.11. The minimum atomic E-state index is -0.352. The lowest BCUT2D eigenvalue weighted by Crippen LogP contribution is -2.31. The second-order valence-electron chi connectivity index (χ2n) is 6.40. The molecule has 144 valence electrons. The van der Waals surface area contributed by atoms with Gasteiger partial charge in [0.15, 0.2) is 5.82 Å². The van der Waals surface area contributed by atoms with E-state index in [9.17, 15) is 9.18 Å². The third-order valence-electron chi connectivity index (χ3n) is 4.53. The highest BCUT2D eigenvalue weighted by Gasteiger charge is 2.23. The number of carbonyl (C=O) groups is 1. The summed E-state index contributed by atoms with van der Waals surface area (Å²) in [5, 5.41) is 4.51. The van der Waals surface area contributed by atoms with Gasteiger partial charge in [0.05, 0.1) is 5.69 Å². The number of hydrogen-bond donors (Lipinski definition) is 0. The average molecular weight is 386 g/mol. The van der Waals surface area contributed by atoms with Crippen molar-refractivity contribution >= 4 is 11.6 Å². The van der Waals surface area contributed by atoms with E-state index < -0.39 is 0 Å². The molecule has 0 atom stereocenters. The highest BCUT2D eigenvalue weighted by atomic mass is 19.1. The third-order valence-corrected chi connectivity index (χ3v) is 4.53. The van der Waals surface area contributed by atoms with E-state index in [1.165, 1.54) is 17.0 Å². The molecule has 0 aliphatic rings. The first-order valence-corrected chi connectivity index (χ1v) is 9.32. The molecule has 0 bridgehead atoms. The predicted octanol–water partition coefficient (Wildman–Crippen LogP) is 4.74. The first-order chi connectivity index (χ1) is 14.2. The number of rotatable bonds is 5. The van der Waals surface area contributed by atoms with Gasteiger partial charge in [-0.2, -0.15) is 0 Å². The Balaban J connectivity index is 1.79. The smallest absolute Gasteiger partial charge is 0.297 e. The summed E-state index contributed by atoms with van der Waals surface area (Å²) >= 11 is 0. The van der Waals surface area contributed by atoms with Crippen molar-refractivity contribution in [1.29, 1.82) is 0 Å². The van der Waals surface area contributed by atoms with Crippen LogP contribution in [0.4, 0.5) is 10.1 Å². The Bertz CT molecular complexity index is 1050. The van der Waals surface area contributed by atoms with E-state index in [0.717, 1.165) is 11.3 Å². The van der Waals surface area contributed by atoms with Gasteiger partial charge in [0.2, 0.25) is 5.82 Å². The number of halogens is 1. The molecule has 29 heavy (non-hydrogen) atoms. The number of anilines is 1. The van der Waals surface area contributed by atoms with Crippen molar-refractivity contribution in [2.75, 3.05) is 11.4 Å². The Morgan fingerprint density at radius 1 is 0.931 bits per heavy atom. The Labute approximate surface area is 168 Å². The molecule has 6 heteroatoms.